The van der Waals surface area contributed by atoms with Gasteiger partial charge in [-0.05, 0) is 91.6 Å². The number of primary amides is 1. The Kier molecular flexibility index (Phi) is 8.38. The van der Waals surface area contributed by atoms with Gasteiger partial charge in [0.1, 0.15) is 5.82 Å². The number of benzene rings is 1. The molecule has 4 N–H and O–H groups in total. The minimum atomic E-state index is -1.14. The van der Waals surface area contributed by atoms with Crippen LogP contribution in [0.15, 0.2) is 48.8 Å². The Morgan fingerprint density at radius 3 is 2.42 bits per heavy atom. The molecule has 226 valence electrons. The number of alkyl halides is 2. The zero-order chi connectivity index (χ0) is 30.1. The number of nitrogens with zero attached hydrogens (tertiary/aromatic N) is 5. The van der Waals surface area contributed by atoms with Crippen molar-refractivity contribution in [3.63, 3.8) is 0 Å². The molecule has 4 heterocycles. The molecule has 1 aromatic carbocycles. The molecule has 3 aromatic rings. The summed E-state index contributed by atoms with van der Waals surface area (Å²) >= 11 is 1.90. The lowest BCUT2D eigenvalue weighted by Gasteiger charge is -2.40. The first-order valence-corrected chi connectivity index (χ1v) is 15.9. The maximum atomic E-state index is 14.2. The highest BCUT2D eigenvalue weighted by atomic mass is 127. The Morgan fingerprint density at radius 2 is 1.77 bits per heavy atom. The van der Waals surface area contributed by atoms with E-state index in [-0.39, 0.29) is 29.5 Å². The molecule has 3 aliphatic rings. The number of rotatable bonds is 8. The molecule has 2 atom stereocenters. The fraction of sp³-hybridized carbons (Fsp3) is 0.452. The van der Waals surface area contributed by atoms with E-state index in [1.807, 2.05) is 59.0 Å². The van der Waals surface area contributed by atoms with E-state index in [9.17, 15) is 14.0 Å². The van der Waals surface area contributed by atoms with Gasteiger partial charge in [-0.2, -0.15) is 0 Å². The van der Waals surface area contributed by atoms with Crippen LogP contribution in [0.4, 0.5) is 27.4 Å². The van der Waals surface area contributed by atoms with Crippen molar-refractivity contribution in [3.05, 3.63) is 65.7 Å². The predicted molar refractivity (Wildman–Crippen MR) is 173 cm³/mol. The third-order valence-corrected chi connectivity index (χ3v) is 9.71. The minimum absolute atomic E-state index is 0.0434. The molecule has 2 aliphatic heterocycles. The van der Waals surface area contributed by atoms with Gasteiger partial charge in [0.2, 0.25) is 0 Å². The summed E-state index contributed by atoms with van der Waals surface area (Å²) in [6.07, 6.45) is 8.23. The highest BCUT2D eigenvalue weighted by Crippen LogP contribution is 2.39. The Labute approximate surface area is 264 Å². The quantitative estimate of drug-likeness (QED) is 0.220. The van der Waals surface area contributed by atoms with Crippen molar-refractivity contribution in [2.75, 3.05) is 34.8 Å². The van der Waals surface area contributed by atoms with Crippen molar-refractivity contribution in [1.82, 2.24) is 20.3 Å². The second-order valence-electron chi connectivity index (χ2n) is 11.7. The molecule has 1 saturated carbocycles. The van der Waals surface area contributed by atoms with Gasteiger partial charge >= 0.3 is 0 Å². The number of amides is 2. The van der Waals surface area contributed by atoms with Crippen molar-refractivity contribution >= 4 is 57.4 Å². The molecule has 0 spiro atoms. The second kappa shape index (κ2) is 12.2. The molecule has 10 nitrogen and oxygen atoms in total. The number of nitrogens with one attached hydrogen (secondary N) is 2. The van der Waals surface area contributed by atoms with Gasteiger partial charge in [0.25, 0.3) is 11.8 Å². The van der Waals surface area contributed by atoms with Crippen LogP contribution in [0.1, 0.15) is 77.9 Å². The van der Waals surface area contributed by atoms with Crippen LogP contribution >= 0.6 is 22.6 Å². The van der Waals surface area contributed by atoms with Gasteiger partial charge in [0.15, 0.2) is 15.2 Å². The normalized spacial score (nSPS) is 21.7. The maximum absolute atomic E-state index is 14.2. The van der Waals surface area contributed by atoms with Crippen LogP contribution in [-0.4, -0.2) is 62.2 Å². The molecule has 0 radical (unpaired) electrons. The van der Waals surface area contributed by atoms with Crippen LogP contribution < -0.4 is 26.2 Å². The number of nitrogens with two attached hydrogens (primary N) is 1. The molecule has 43 heavy (non-hydrogen) atoms. The van der Waals surface area contributed by atoms with E-state index >= 15 is 0 Å². The largest absolute Gasteiger partial charge is 0.371 e. The first-order chi connectivity index (χ1) is 20.7. The Bertz CT molecular complexity index is 1470. The Hall–Kier alpha value is -3.55. The molecule has 3 fully saturated rings. The molecule has 0 unspecified atom stereocenters. The van der Waals surface area contributed by atoms with Crippen LogP contribution in [-0.2, 0) is 0 Å². The van der Waals surface area contributed by atoms with Gasteiger partial charge in [-0.3, -0.25) is 14.6 Å². The molecule has 2 amide bonds. The number of halogens is 2. The molecular weight excluding hydrogens is 662 g/mol. The maximum Gasteiger partial charge on any atom is 0.271 e. The number of carbonyl (C=O) groups excluding carboxylic acids is 2. The van der Waals surface area contributed by atoms with Crippen molar-refractivity contribution in [2.24, 2.45) is 5.73 Å². The summed E-state index contributed by atoms with van der Waals surface area (Å²) in [6.45, 7) is 4.10. The standard InChI is InChI=1S/C31H36FIN8O2/c1-19-24(38-30(43)21-6-11-25(35-17-21)20-4-5-20)3-2-14-41(19)26-18-36-27(28(34)42)29(39-26)37-22-7-9-23(10-8-22)40-15-12-31(32,33)13-16-40/h6-11,17-20,24H,2-5,12-16H2,1H3,(H2,34,42)(H,37,39)(H,38,43)/t19-,24-/m1/s1. The Morgan fingerprint density at radius 1 is 1.02 bits per heavy atom. The third-order valence-electron chi connectivity index (χ3n) is 8.63. The van der Waals surface area contributed by atoms with Crippen LogP contribution in [0.3, 0.4) is 0 Å². The van der Waals surface area contributed by atoms with Crippen LogP contribution in [0.5, 0.6) is 0 Å². The number of pyridine rings is 1. The molecule has 12 heteroatoms. The van der Waals surface area contributed by atoms with Crippen LogP contribution in [0.25, 0.3) is 0 Å². The average molecular weight is 699 g/mol. The van der Waals surface area contributed by atoms with E-state index in [1.165, 1.54) is 12.8 Å². The van der Waals surface area contributed by atoms with E-state index in [0.717, 1.165) is 36.5 Å². The van der Waals surface area contributed by atoms with Gasteiger partial charge in [-0.1, -0.05) is 0 Å². The second-order valence-corrected chi connectivity index (χ2v) is 13.6. The fourth-order valence-electron chi connectivity index (χ4n) is 5.84. The lowest BCUT2D eigenvalue weighted by molar-refractivity contribution is 0.0923. The number of hydrogen-bond donors (Lipinski definition) is 3. The SMILES string of the molecule is C[C@@H]1[C@H](NC(=O)c2ccc(C3CC3)nc2)CCCN1c1cnc(C(N)=O)c(Nc2ccc(N3CCC(F)(I)CC3)cc2)n1. The smallest absolute Gasteiger partial charge is 0.271 e. The van der Waals surface area contributed by atoms with E-state index in [1.54, 1.807) is 12.4 Å². The average Bonchev–Trinajstić information content (AvgIpc) is 3.85. The topological polar surface area (TPSA) is 129 Å². The Balaban J connectivity index is 1.15. The highest BCUT2D eigenvalue weighted by molar-refractivity contribution is 14.1. The van der Waals surface area contributed by atoms with Gasteiger partial charge in [0.05, 0.1) is 11.8 Å². The van der Waals surface area contributed by atoms with E-state index < -0.39 is 9.58 Å². The highest BCUT2D eigenvalue weighted by Gasteiger charge is 2.33. The molecule has 2 aromatic heterocycles. The summed E-state index contributed by atoms with van der Waals surface area (Å²) in [5.41, 5.74) is 9.03. The van der Waals surface area contributed by atoms with Gasteiger partial charge in [0, 0.05) is 73.7 Å². The fourth-order valence-corrected chi connectivity index (χ4v) is 6.32. The number of piperidine rings is 2. The van der Waals surface area contributed by atoms with Gasteiger partial charge < -0.3 is 26.2 Å². The number of hydrogen-bond acceptors (Lipinski definition) is 8. The summed E-state index contributed by atoms with van der Waals surface area (Å²) in [4.78, 5) is 43.2. The summed E-state index contributed by atoms with van der Waals surface area (Å²) in [5.74, 6) is 0.575. The van der Waals surface area contributed by atoms with E-state index in [4.69, 9.17) is 10.7 Å². The zero-order valence-corrected chi connectivity index (χ0v) is 26.3. The van der Waals surface area contributed by atoms with Gasteiger partial charge in [-0.25, -0.2) is 14.4 Å². The van der Waals surface area contributed by atoms with Crippen molar-refractivity contribution in [2.45, 2.75) is 67.1 Å². The molecule has 0 bridgehead atoms. The number of aromatic nitrogens is 3. The van der Waals surface area contributed by atoms with Crippen molar-refractivity contribution in [3.8, 4) is 0 Å². The van der Waals surface area contributed by atoms with Crippen LogP contribution in [0.2, 0.25) is 0 Å². The van der Waals surface area contributed by atoms with Crippen LogP contribution in [0, 0.1) is 0 Å². The predicted octanol–water partition coefficient (Wildman–Crippen LogP) is 5.08. The molecule has 1 aliphatic carbocycles. The monoisotopic (exact) mass is 698 g/mol. The van der Waals surface area contributed by atoms with Crippen molar-refractivity contribution < 1.29 is 14.0 Å². The summed E-state index contributed by atoms with van der Waals surface area (Å²) in [5, 5.41) is 6.40. The van der Waals surface area contributed by atoms with E-state index in [0.29, 0.717) is 43.2 Å². The number of anilines is 4. The lowest BCUT2D eigenvalue weighted by Crippen LogP contribution is -2.54. The summed E-state index contributed by atoms with van der Waals surface area (Å²) in [7, 11) is 0. The lowest BCUT2D eigenvalue weighted by atomic mass is 9.97. The third kappa shape index (κ3) is 6.84. The minimum Gasteiger partial charge on any atom is -0.371 e. The summed E-state index contributed by atoms with van der Waals surface area (Å²) in [6, 6.07) is 11.4. The van der Waals surface area contributed by atoms with Gasteiger partial charge in [-0.15, -0.1) is 0 Å². The number of carbonyl (C=O) groups is 2. The first kappa shape index (κ1) is 29.5. The summed E-state index contributed by atoms with van der Waals surface area (Å²) < 4.78 is 13.1. The molecule has 2 saturated heterocycles. The van der Waals surface area contributed by atoms with E-state index in [2.05, 4.69) is 37.3 Å². The van der Waals surface area contributed by atoms with Crippen molar-refractivity contribution in [1.29, 1.82) is 0 Å². The first-order valence-electron chi connectivity index (χ1n) is 14.9. The molecule has 6 rings (SSSR count). The molecular formula is C31H36FIN8O2. The zero-order valence-electron chi connectivity index (χ0n) is 24.1.